The third-order valence-electron chi connectivity index (χ3n) is 3.58. The van der Waals surface area contributed by atoms with Gasteiger partial charge in [0.25, 0.3) is 0 Å². The second-order valence-electron chi connectivity index (χ2n) is 5.04. The number of nitrogens with zero attached hydrogens (tertiary/aromatic N) is 2. The molecule has 1 amide bonds. The molecule has 1 atom stereocenters. The number of carbonyl (C=O) groups is 1. The van der Waals surface area contributed by atoms with Crippen molar-refractivity contribution in [3.05, 3.63) is 30.1 Å². The first-order valence-corrected chi connectivity index (χ1v) is 8.24. The molecule has 2 aromatic rings. The summed E-state index contributed by atoms with van der Waals surface area (Å²) in [4.78, 5) is 20.3. The predicted octanol–water partition coefficient (Wildman–Crippen LogP) is 0.708. The Morgan fingerprint density at radius 1 is 1.40 bits per heavy atom. The van der Waals surface area contributed by atoms with Crippen molar-refractivity contribution in [1.82, 2.24) is 14.9 Å². The highest BCUT2D eigenvalue weighted by Gasteiger charge is 2.32. The van der Waals surface area contributed by atoms with E-state index in [9.17, 15) is 13.2 Å². The van der Waals surface area contributed by atoms with E-state index in [0.29, 0.717) is 25.2 Å². The van der Waals surface area contributed by atoms with E-state index >= 15 is 0 Å². The molecule has 1 aromatic carbocycles. The number of sulfone groups is 1. The fourth-order valence-electron chi connectivity index (χ4n) is 2.54. The van der Waals surface area contributed by atoms with Crippen molar-refractivity contribution in [2.75, 3.05) is 11.5 Å². The summed E-state index contributed by atoms with van der Waals surface area (Å²) in [5, 5.41) is 0. The summed E-state index contributed by atoms with van der Waals surface area (Å²) in [5.74, 6) is 0.872. The van der Waals surface area contributed by atoms with Gasteiger partial charge in [-0.2, -0.15) is 0 Å². The number of imidazole rings is 1. The second kappa shape index (κ2) is 4.90. The van der Waals surface area contributed by atoms with Gasteiger partial charge in [-0.25, -0.2) is 13.4 Å². The second-order valence-corrected chi connectivity index (χ2v) is 7.26. The molecule has 1 saturated heterocycles. The monoisotopic (exact) mass is 293 g/mol. The van der Waals surface area contributed by atoms with Gasteiger partial charge in [-0.05, 0) is 18.6 Å². The molecule has 6 nitrogen and oxygen atoms in total. The average Bonchev–Trinajstić information content (AvgIpc) is 2.98. The van der Waals surface area contributed by atoms with Crippen LogP contribution < -0.4 is 0 Å². The van der Waals surface area contributed by atoms with Crippen molar-refractivity contribution < 1.29 is 13.2 Å². The molecule has 3 rings (SSSR count). The first-order valence-electron chi connectivity index (χ1n) is 6.42. The summed E-state index contributed by atoms with van der Waals surface area (Å²) in [5.41, 5.74) is 1.75. The lowest BCUT2D eigenvalue weighted by Crippen LogP contribution is -2.34. The molecule has 0 radical (unpaired) electrons. The Kier molecular flexibility index (Phi) is 3.21. The first-order chi connectivity index (χ1) is 9.57. The Balaban J connectivity index is 1.79. The van der Waals surface area contributed by atoms with Crippen LogP contribution in [0.1, 0.15) is 12.2 Å². The average molecular weight is 293 g/mol. The molecular weight excluding hydrogens is 278 g/mol. The number of hydrogen-bond donors (Lipinski definition) is 1. The molecular formula is C13H15N3O3S. The minimum atomic E-state index is -3.00. The summed E-state index contributed by atoms with van der Waals surface area (Å²) in [6, 6.07) is 7.36. The van der Waals surface area contributed by atoms with E-state index in [1.54, 1.807) is 0 Å². The third-order valence-corrected chi connectivity index (χ3v) is 5.33. The zero-order valence-corrected chi connectivity index (χ0v) is 11.6. The number of rotatable bonds is 4. The molecule has 106 valence electrons. The van der Waals surface area contributed by atoms with Crippen molar-refractivity contribution >= 4 is 27.3 Å². The molecule has 0 aliphatic carbocycles. The number of benzene rings is 1. The van der Waals surface area contributed by atoms with Gasteiger partial charge < -0.3 is 9.88 Å². The van der Waals surface area contributed by atoms with E-state index in [1.165, 1.54) is 4.90 Å². The van der Waals surface area contributed by atoms with E-state index in [-0.39, 0.29) is 17.5 Å². The van der Waals surface area contributed by atoms with Gasteiger partial charge in [-0.3, -0.25) is 4.79 Å². The first kappa shape index (κ1) is 13.1. The number of hydrogen-bond acceptors (Lipinski definition) is 4. The van der Waals surface area contributed by atoms with Gasteiger partial charge in [0.05, 0.1) is 29.1 Å². The van der Waals surface area contributed by atoms with Gasteiger partial charge in [-0.1, -0.05) is 12.1 Å². The summed E-state index contributed by atoms with van der Waals surface area (Å²) < 4.78 is 23.0. The van der Waals surface area contributed by atoms with Crippen molar-refractivity contribution in [3.8, 4) is 0 Å². The van der Waals surface area contributed by atoms with Gasteiger partial charge in [0.15, 0.2) is 9.84 Å². The number of para-hydroxylation sites is 2. The predicted molar refractivity (Wildman–Crippen MR) is 74.8 cm³/mol. The van der Waals surface area contributed by atoms with E-state index < -0.39 is 9.84 Å². The molecule has 0 saturated carbocycles. The number of amides is 1. The Hall–Kier alpha value is -1.89. The molecule has 1 aliphatic heterocycles. The van der Waals surface area contributed by atoms with Crippen LogP contribution in [0.4, 0.5) is 0 Å². The summed E-state index contributed by atoms with van der Waals surface area (Å²) >= 11 is 0. The van der Waals surface area contributed by atoms with Crippen molar-refractivity contribution in [3.63, 3.8) is 0 Å². The van der Waals surface area contributed by atoms with Crippen LogP contribution in [-0.4, -0.2) is 47.2 Å². The topological polar surface area (TPSA) is 83.1 Å². The normalized spacial score (nSPS) is 21.1. The maximum absolute atomic E-state index is 11.5. The molecule has 1 fully saturated rings. The number of carbonyl (C=O) groups excluding carboxylic acids is 1. The highest BCUT2D eigenvalue weighted by atomic mass is 32.2. The smallest absolute Gasteiger partial charge is 0.210 e. The summed E-state index contributed by atoms with van der Waals surface area (Å²) in [6.45, 7) is 0.304. The fraction of sp³-hybridized carbons (Fsp3) is 0.385. The number of aromatic nitrogens is 2. The zero-order valence-electron chi connectivity index (χ0n) is 10.8. The lowest BCUT2D eigenvalue weighted by atomic mass is 10.2. The lowest BCUT2D eigenvalue weighted by Gasteiger charge is -2.22. The van der Waals surface area contributed by atoms with E-state index in [4.69, 9.17) is 0 Å². The molecule has 1 aliphatic rings. The van der Waals surface area contributed by atoms with Crippen molar-refractivity contribution in [1.29, 1.82) is 0 Å². The Morgan fingerprint density at radius 2 is 2.20 bits per heavy atom. The van der Waals surface area contributed by atoms with Crippen LogP contribution in [0.25, 0.3) is 11.0 Å². The van der Waals surface area contributed by atoms with Crippen LogP contribution in [0.3, 0.4) is 0 Å². The molecule has 7 heteroatoms. The highest BCUT2D eigenvalue weighted by Crippen LogP contribution is 2.19. The molecule has 0 spiro atoms. The standard InChI is InChI=1S/C13H15N3O3S/c17-9-16(10-5-6-20(18,19)8-10)7-13-14-11-3-1-2-4-12(11)15-13/h1-4,9-10H,5-8H2,(H,14,15). The molecule has 1 unspecified atom stereocenters. The Morgan fingerprint density at radius 3 is 2.85 bits per heavy atom. The van der Waals surface area contributed by atoms with Crippen LogP contribution in [0.2, 0.25) is 0 Å². The number of nitrogens with one attached hydrogen (secondary N) is 1. The van der Waals surface area contributed by atoms with E-state index in [1.807, 2.05) is 24.3 Å². The van der Waals surface area contributed by atoms with Gasteiger partial charge in [0, 0.05) is 6.04 Å². The van der Waals surface area contributed by atoms with Crippen molar-refractivity contribution in [2.24, 2.45) is 0 Å². The minimum Gasteiger partial charge on any atom is -0.340 e. The minimum absolute atomic E-state index is 0.0476. The van der Waals surface area contributed by atoms with Crippen LogP contribution in [-0.2, 0) is 21.2 Å². The zero-order chi connectivity index (χ0) is 14.2. The quantitative estimate of drug-likeness (QED) is 0.842. The maximum Gasteiger partial charge on any atom is 0.210 e. The molecule has 2 heterocycles. The van der Waals surface area contributed by atoms with Gasteiger partial charge in [-0.15, -0.1) is 0 Å². The lowest BCUT2D eigenvalue weighted by molar-refractivity contribution is -0.120. The maximum atomic E-state index is 11.5. The Labute approximate surface area is 116 Å². The summed E-state index contributed by atoms with van der Waals surface area (Å²) in [6.07, 6.45) is 1.21. The van der Waals surface area contributed by atoms with Crippen LogP contribution in [0, 0.1) is 0 Å². The van der Waals surface area contributed by atoms with Crippen molar-refractivity contribution in [2.45, 2.75) is 19.0 Å². The van der Waals surface area contributed by atoms with Crippen LogP contribution >= 0.6 is 0 Å². The molecule has 1 N–H and O–H groups in total. The largest absolute Gasteiger partial charge is 0.340 e. The van der Waals surface area contributed by atoms with Gasteiger partial charge >= 0.3 is 0 Å². The molecule has 0 bridgehead atoms. The van der Waals surface area contributed by atoms with Crippen LogP contribution in [0.5, 0.6) is 0 Å². The molecule has 1 aromatic heterocycles. The highest BCUT2D eigenvalue weighted by molar-refractivity contribution is 7.91. The molecule has 20 heavy (non-hydrogen) atoms. The van der Waals surface area contributed by atoms with E-state index in [2.05, 4.69) is 9.97 Å². The SMILES string of the molecule is O=CN(Cc1nc2ccccc2[nH]1)C1CCS(=O)(=O)C1. The Bertz CT molecular complexity index is 705. The number of aromatic amines is 1. The third kappa shape index (κ3) is 2.53. The van der Waals surface area contributed by atoms with Crippen LogP contribution in [0.15, 0.2) is 24.3 Å². The van der Waals surface area contributed by atoms with Gasteiger partial charge in [0.2, 0.25) is 6.41 Å². The summed E-state index contributed by atoms with van der Waals surface area (Å²) in [7, 11) is -3.00. The fourth-order valence-corrected chi connectivity index (χ4v) is 4.29. The number of H-pyrrole nitrogens is 1. The van der Waals surface area contributed by atoms with Gasteiger partial charge in [0.1, 0.15) is 5.82 Å². The van der Waals surface area contributed by atoms with E-state index in [0.717, 1.165) is 11.0 Å². The number of fused-ring (bicyclic) bond motifs is 1.